The maximum Gasteiger partial charge on any atom is 0.310 e. The molecule has 212 valence electrons. The molecule has 0 bridgehead atoms. The molecule has 4 aromatic rings. The van der Waals surface area contributed by atoms with Gasteiger partial charge in [-0.3, -0.25) is 19.5 Å². The summed E-state index contributed by atoms with van der Waals surface area (Å²) in [6.45, 7) is 6.50. The van der Waals surface area contributed by atoms with Crippen LogP contribution in [0.2, 0.25) is 0 Å². The summed E-state index contributed by atoms with van der Waals surface area (Å²) >= 11 is 0. The van der Waals surface area contributed by atoms with Crippen molar-refractivity contribution in [3.8, 4) is 11.4 Å². The average Bonchev–Trinajstić information content (AvgIpc) is 3.29. The fourth-order valence-corrected chi connectivity index (χ4v) is 5.62. The van der Waals surface area contributed by atoms with E-state index >= 15 is 0 Å². The minimum Gasteiger partial charge on any atom is -0.481 e. The van der Waals surface area contributed by atoms with E-state index in [0.29, 0.717) is 5.75 Å². The molecule has 4 heterocycles. The summed E-state index contributed by atoms with van der Waals surface area (Å²) in [5, 5.41) is 15.0. The van der Waals surface area contributed by atoms with Crippen LogP contribution in [-0.2, 0) is 16.1 Å². The van der Waals surface area contributed by atoms with Crippen LogP contribution >= 0.6 is 0 Å². The number of carboxylic acids is 1. The van der Waals surface area contributed by atoms with Crippen molar-refractivity contribution >= 4 is 28.5 Å². The molecule has 0 atom stereocenters. The maximum absolute atomic E-state index is 12.8. The first-order valence-electron chi connectivity index (χ1n) is 14.1. The Hall–Kier alpha value is -4.44. The number of para-hydroxylation sites is 1. The molecule has 2 fully saturated rings. The van der Waals surface area contributed by atoms with Gasteiger partial charge in [0.1, 0.15) is 11.4 Å². The highest BCUT2D eigenvalue weighted by molar-refractivity contribution is 5.96. The summed E-state index contributed by atoms with van der Waals surface area (Å²) in [5.74, 6) is -0.900. The van der Waals surface area contributed by atoms with Gasteiger partial charge in [-0.1, -0.05) is 24.3 Å². The van der Waals surface area contributed by atoms with Gasteiger partial charge in [-0.05, 0) is 49.2 Å². The van der Waals surface area contributed by atoms with E-state index in [4.69, 9.17) is 19.9 Å². The number of aromatic nitrogens is 3. The van der Waals surface area contributed by atoms with E-state index in [-0.39, 0.29) is 25.6 Å². The van der Waals surface area contributed by atoms with Crippen molar-refractivity contribution in [1.82, 2.24) is 24.6 Å². The number of amides is 1. The molecule has 1 amide bonds. The molecule has 2 aliphatic rings. The standard InChI is InChI=1S/C31H34N6O4/c1-22-17-23-7-5-11-32-28(23)29(30(22)41-21-27(38)36-18-24(19-36)31(39)40)35-13-6-12-34(15-16-35)20-25-10-14-37(33-25)26-8-3-2-4-9-26/h2-5,7-11,14,17,24H,6,12-13,15-16,18-21H2,1H3,(H,39,40). The van der Waals surface area contributed by atoms with Crippen LogP contribution < -0.4 is 9.64 Å². The zero-order valence-corrected chi connectivity index (χ0v) is 23.1. The van der Waals surface area contributed by atoms with Crippen molar-refractivity contribution in [1.29, 1.82) is 0 Å². The highest BCUT2D eigenvalue weighted by Crippen LogP contribution is 2.39. The van der Waals surface area contributed by atoms with Crippen molar-refractivity contribution in [2.75, 3.05) is 50.8 Å². The zero-order valence-electron chi connectivity index (χ0n) is 23.1. The number of hydrogen-bond donors (Lipinski definition) is 1. The molecule has 41 heavy (non-hydrogen) atoms. The molecule has 2 aliphatic heterocycles. The fourth-order valence-electron chi connectivity index (χ4n) is 5.62. The molecule has 6 rings (SSSR count). The van der Waals surface area contributed by atoms with Crippen molar-refractivity contribution in [3.63, 3.8) is 0 Å². The highest BCUT2D eigenvalue weighted by atomic mass is 16.5. The quantitative estimate of drug-likeness (QED) is 0.354. The van der Waals surface area contributed by atoms with Gasteiger partial charge in [-0.15, -0.1) is 0 Å². The van der Waals surface area contributed by atoms with Gasteiger partial charge in [0.15, 0.2) is 6.61 Å². The van der Waals surface area contributed by atoms with Gasteiger partial charge in [0.2, 0.25) is 0 Å². The van der Waals surface area contributed by atoms with Gasteiger partial charge in [-0.25, -0.2) is 4.68 Å². The van der Waals surface area contributed by atoms with E-state index in [0.717, 1.165) is 72.7 Å². The smallest absolute Gasteiger partial charge is 0.310 e. The lowest BCUT2D eigenvalue weighted by atomic mass is 10.0. The summed E-state index contributed by atoms with van der Waals surface area (Å²) in [6.07, 6.45) is 4.76. The Kier molecular flexibility index (Phi) is 7.56. The van der Waals surface area contributed by atoms with Crippen LogP contribution in [0.15, 0.2) is 67.0 Å². The third kappa shape index (κ3) is 5.74. The highest BCUT2D eigenvalue weighted by Gasteiger charge is 2.36. The van der Waals surface area contributed by atoms with Gasteiger partial charge in [0.05, 0.1) is 22.8 Å². The second-order valence-corrected chi connectivity index (χ2v) is 10.8. The predicted molar refractivity (Wildman–Crippen MR) is 155 cm³/mol. The Balaban J connectivity index is 1.17. The zero-order chi connectivity index (χ0) is 28.3. The molecule has 0 spiro atoms. The molecule has 0 radical (unpaired) electrons. The van der Waals surface area contributed by atoms with Gasteiger partial charge in [-0.2, -0.15) is 5.10 Å². The molecule has 10 heteroatoms. The molecule has 10 nitrogen and oxygen atoms in total. The first kappa shape index (κ1) is 26.8. The normalized spacial score (nSPS) is 16.4. The molecule has 2 aromatic heterocycles. The number of carbonyl (C=O) groups excluding carboxylic acids is 1. The second kappa shape index (κ2) is 11.6. The third-order valence-electron chi connectivity index (χ3n) is 7.89. The third-order valence-corrected chi connectivity index (χ3v) is 7.89. The number of carbonyl (C=O) groups is 2. The minimum atomic E-state index is -0.867. The Morgan fingerprint density at radius 2 is 1.85 bits per heavy atom. The number of aliphatic carboxylic acids is 1. The van der Waals surface area contributed by atoms with Crippen molar-refractivity contribution in [3.05, 3.63) is 78.2 Å². The maximum atomic E-state index is 12.8. The molecule has 0 saturated carbocycles. The monoisotopic (exact) mass is 554 g/mol. The van der Waals surface area contributed by atoms with Gasteiger partial charge < -0.3 is 19.6 Å². The van der Waals surface area contributed by atoms with Crippen molar-refractivity contribution < 1.29 is 19.4 Å². The van der Waals surface area contributed by atoms with Gasteiger partial charge in [0.25, 0.3) is 5.91 Å². The molecular weight excluding hydrogens is 520 g/mol. The second-order valence-electron chi connectivity index (χ2n) is 10.8. The van der Waals surface area contributed by atoms with Crippen LogP contribution in [0.4, 0.5) is 5.69 Å². The number of carboxylic acid groups (broad SMARTS) is 1. The Bertz CT molecular complexity index is 1550. The van der Waals surface area contributed by atoms with Crippen LogP contribution in [0.25, 0.3) is 16.6 Å². The van der Waals surface area contributed by atoms with E-state index in [9.17, 15) is 9.59 Å². The van der Waals surface area contributed by atoms with Gasteiger partial charge >= 0.3 is 5.97 Å². The van der Waals surface area contributed by atoms with Crippen LogP contribution in [0.1, 0.15) is 17.7 Å². The Morgan fingerprint density at radius 3 is 2.66 bits per heavy atom. The number of nitrogens with zero attached hydrogens (tertiary/aromatic N) is 6. The number of hydrogen-bond acceptors (Lipinski definition) is 7. The number of rotatable bonds is 8. The van der Waals surface area contributed by atoms with Crippen LogP contribution in [0.5, 0.6) is 5.75 Å². The molecule has 0 unspecified atom stereocenters. The number of fused-ring (bicyclic) bond motifs is 1. The van der Waals surface area contributed by atoms with Crippen molar-refractivity contribution in [2.24, 2.45) is 5.92 Å². The van der Waals surface area contributed by atoms with E-state index in [1.807, 2.05) is 66.3 Å². The molecule has 2 aromatic carbocycles. The summed E-state index contributed by atoms with van der Waals surface area (Å²) < 4.78 is 8.12. The predicted octanol–water partition coefficient (Wildman–Crippen LogP) is 3.36. The number of aryl methyl sites for hydroxylation is 1. The number of likely N-dealkylation sites (tertiary alicyclic amines) is 1. The van der Waals surface area contributed by atoms with E-state index < -0.39 is 11.9 Å². The summed E-state index contributed by atoms with van der Waals surface area (Å²) in [6, 6.07) is 18.2. The SMILES string of the molecule is Cc1cc2cccnc2c(N2CCCN(Cc3ccn(-c4ccccc4)n3)CC2)c1OCC(=O)N1CC(C(=O)O)C1. The lowest BCUT2D eigenvalue weighted by molar-refractivity contribution is -0.153. The first-order valence-corrected chi connectivity index (χ1v) is 14.1. The van der Waals surface area contributed by atoms with E-state index in [1.165, 1.54) is 4.90 Å². The lowest BCUT2D eigenvalue weighted by Crippen LogP contribution is -2.54. The molecule has 1 N–H and O–H groups in total. The Morgan fingerprint density at radius 1 is 1.02 bits per heavy atom. The molecule has 0 aliphatic carbocycles. The van der Waals surface area contributed by atoms with Crippen LogP contribution in [-0.4, -0.2) is 87.4 Å². The number of pyridine rings is 1. The van der Waals surface area contributed by atoms with Gasteiger partial charge in [0, 0.05) is 63.6 Å². The molecular formula is C31H34N6O4. The van der Waals surface area contributed by atoms with E-state index in [1.54, 1.807) is 6.20 Å². The lowest BCUT2D eigenvalue weighted by Gasteiger charge is -2.36. The summed E-state index contributed by atoms with van der Waals surface area (Å²) in [5.41, 5.74) is 4.78. The number of benzene rings is 2. The molecule has 2 saturated heterocycles. The Labute approximate surface area is 238 Å². The van der Waals surface area contributed by atoms with E-state index in [2.05, 4.69) is 15.9 Å². The number of anilines is 1. The summed E-state index contributed by atoms with van der Waals surface area (Å²) in [4.78, 5) is 34.9. The number of ether oxygens (including phenoxy) is 1. The largest absolute Gasteiger partial charge is 0.481 e. The van der Waals surface area contributed by atoms with Crippen molar-refractivity contribution in [2.45, 2.75) is 19.9 Å². The fraction of sp³-hybridized carbons (Fsp3) is 0.355. The minimum absolute atomic E-state index is 0.136. The van der Waals surface area contributed by atoms with Crippen LogP contribution in [0.3, 0.4) is 0 Å². The topological polar surface area (TPSA) is 104 Å². The average molecular weight is 555 g/mol. The summed E-state index contributed by atoms with van der Waals surface area (Å²) in [7, 11) is 0. The first-order chi connectivity index (χ1) is 20.0. The van der Waals surface area contributed by atoms with Crippen LogP contribution in [0, 0.1) is 12.8 Å².